The second-order valence-electron chi connectivity index (χ2n) is 11.0. The molecule has 0 spiro atoms. The molecule has 2 bridgehead atoms. The number of amides is 1. The monoisotopic (exact) mass is 638 g/mol. The first-order valence-corrected chi connectivity index (χ1v) is 14.7. The third kappa shape index (κ3) is 7.57. The van der Waals surface area contributed by atoms with Gasteiger partial charge < -0.3 is 20.0 Å². The quantitative estimate of drug-likeness (QED) is 0.137. The molecule has 0 saturated heterocycles. The molecule has 1 N–H and O–H groups in total. The lowest BCUT2D eigenvalue weighted by Gasteiger charge is -2.22. The van der Waals surface area contributed by atoms with Gasteiger partial charge in [0.25, 0.3) is 0 Å². The molecule has 234 valence electrons. The largest absolute Gasteiger partial charge is 0.618 e. The van der Waals surface area contributed by atoms with Gasteiger partial charge in [0.1, 0.15) is 5.75 Å². The van der Waals surface area contributed by atoms with Gasteiger partial charge in [0.05, 0.1) is 25.0 Å². The number of hydrogen-bond acceptors (Lipinski definition) is 5. The molecule has 1 amide bonds. The van der Waals surface area contributed by atoms with Crippen LogP contribution in [0.5, 0.6) is 5.75 Å². The zero-order valence-corrected chi connectivity index (χ0v) is 25.2. The van der Waals surface area contributed by atoms with Crippen LogP contribution in [0.25, 0.3) is 22.3 Å². The smallest absolute Gasteiger partial charge is 0.573 e. The van der Waals surface area contributed by atoms with E-state index in [1.165, 1.54) is 25.4 Å². The van der Waals surface area contributed by atoms with Crippen molar-refractivity contribution in [3.63, 3.8) is 0 Å². The first kappa shape index (κ1) is 31.8. The average molecular weight is 639 g/mol. The van der Waals surface area contributed by atoms with E-state index >= 15 is 0 Å². The van der Waals surface area contributed by atoms with E-state index in [1.807, 2.05) is 37.3 Å². The molecule has 0 saturated carbocycles. The van der Waals surface area contributed by atoms with E-state index in [-0.39, 0.29) is 40.3 Å². The van der Waals surface area contributed by atoms with Gasteiger partial charge in [0.15, 0.2) is 11.9 Å². The van der Waals surface area contributed by atoms with Crippen LogP contribution in [-0.2, 0) is 20.7 Å². The van der Waals surface area contributed by atoms with Crippen LogP contribution >= 0.6 is 11.6 Å². The predicted octanol–water partition coefficient (Wildman–Crippen LogP) is 7.81. The molecule has 1 aliphatic heterocycles. The van der Waals surface area contributed by atoms with Crippen molar-refractivity contribution in [3.05, 3.63) is 106 Å². The molecule has 0 unspecified atom stereocenters. The molecule has 0 aliphatic carbocycles. The van der Waals surface area contributed by atoms with Gasteiger partial charge in [-0.1, -0.05) is 61.3 Å². The number of alkyl halides is 3. The number of ether oxygens (including phenoxy) is 2. The normalized spacial score (nSPS) is 16.9. The fraction of sp³-hybridized carbons (Fsp3) is 0.265. The van der Waals surface area contributed by atoms with E-state index in [2.05, 4.69) is 10.1 Å². The van der Waals surface area contributed by atoms with Crippen molar-refractivity contribution in [2.24, 2.45) is 5.92 Å². The molecular weight excluding hydrogens is 609 g/mol. The molecular formula is C34H30ClF3N2O5. The lowest BCUT2D eigenvalue weighted by Crippen LogP contribution is -2.34. The summed E-state index contributed by atoms with van der Waals surface area (Å²) in [7, 11) is 1.32. The number of anilines is 1. The Balaban J connectivity index is 1.56. The standard InChI is InChI=1S/C34H30ClF3N2O5/c1-20-5-3-8-27(30-13-10-24(19-40(30)43)28-18-25(35)11-14-31(28)45-34(36,37)38)23-7-4-6-22(17-23)26-12-9-21(16-32(41)44-2)15-29(26)39-33(20)42/h4,6-7,9-15,17-20,27H,3,5,8,16H2,1-2H3,(H,39,42)/t20-,27+/m1/s1. The number of esters is 1. The highest BCUT2D eigenvalue weighted by molar-refractivity contribution is 6.31. The molecule has 1 aromatic heterocycles. The maximum Gasteiger partial charge on any atom is 0.573 e. The van der Waals surface area contributed by atoms with E-state index in [0.29, 0.717) is 40.9 Å². The second-order valence-corrected chi connectivity index (χ2v) is 11.4. The van der Waals surface area contributed by atoms with Gasteiger partial charge in [0.2, 0.25) is 5.91 Å². The number of methoxy groups -OCH3 is 1. The first-order chi connectivity index (χ1) is 21.4. The molecule has 0 radical (unpaired) electrons. The number of hydrogen-bond donors (Lipinski definition) is 1. The average Bonchev–Trinajstić information content (AvgIpc) is 2.99. The van der Waals surface area contributed by atoms with Crippen molar-refractivity contribution in [1.29, 1.82) is 0 Å². The minimum Gasteiger partial charge on any atom is -0.618 e. The number of aromatic nitrogens is 1. The van der Waals surface area contributed by atoms with E-state index in [9.17, 15) is 28.0 Å². The van der Waals surface area contributed by atoms with Crippen LogP contribution in [0.3, 0.4) is 0 Å². The Labute approximate surface area is 263 Å². The van der Waals surface area contributed by atoms with E-state index < -0.39 is 18.1 Å². The van der Waals surface area contributed by atoms with Crippen LogP contribution in [-0.4, -0.2) is 25.3 Å². The Morgan fingerprint density at radius 3 is 2.56 bits per heavy atom. The van der Waals surface area contributed by atoms with Crippen LogP contribution < -0.4 is 14.8 Å². The summed E-state index contributed by atoms with van der Waals surface area (Å²) < 4.78 is 48.9. The summed E-state index contributed by atoms with van der Waals surface area (Å²) in [6, 6.07) is 20.0. The number of rotatable bonds is 5. The molecule has 4 aromatic rings. The SMILES string of the molecule is COC(=O)Cc1ccc2c(c1)NC(=O)[C@H](C)CCC[C@H](c1ccc(-c3cc(Cl)ccc3OC(F)(F)F)c[n+]1[O-])c1cccc-2c1. The van der Waals surface area contributed by atoms with Gasteiger partial charge in [-0.25, -0.2) is 0 Å². The Morgan fingerprint density at radius 1 is 1.02 bits per heavy atom. The highest BCUT2D eigenvalue weighted by Gasteiger charge is 2.33. The minimum absolute atomic E-state index is 0.0275. The number of fused-ring (bicyclic) bond motifs is 4. The maximum absolute atomic E-state index is 13.5. The number of halogens is 4. The molecule has 2 heterocycles. The molecule has 2 atom stereocenters. The van der Waals surface area contributed by atoms with Crippen LogP contribution in [0.1, 0.15) is 48.9 Å². The van der Waals surface area contributed by atoms with Crippen LogP contribution in [0, 0.1) is 11.1 Å². The second kappa shape index (κ2) is 13.2. The van der Waals surface area contributed by atoms with Crippen LogP contribution in [0.2, 0.25) is 5.02 Å². The summed E-state index contributed by atoms with van der Waals surface area (Å²) in [5, 5.41) is 16.8. The zero-order valence-electron chi connectivity index (χ0n) is 24.5. The van der Waals surface area contributed by atoms with Crippen molar-refractivity contribution >= 4 is 29.2 Å². The minimum atomic E-state index is -4.93. The Hall–Kier alpha value is -4.57. The van der Waals surface area contributed by atoms with E-state index in [4.69, 9.17) is 16.3 Å². The molecule has 0 fully saturated rings. The maximum atomic E-state index is 13.5. The molecule has 5 rings (SSSR count). The molecule has 1 aliphatic rings. The van der Waals surface area contributed by atoms with Gasteiger partial charge >= 0.3 is 12.3 Å². The van der Waals surface area contributed by atoms with E-state index in [1.54, 1.807) is 24.3 Å². The highest BCUT2D eigenvalue weighted by Crippen LogP contribution is 2.38. The van der Waals surface area contributed by atoms with Gasteiger partial charge in [-0.2, -0.15) is 4.73 Å². The molecule has 7 nitrogen and oxygen atoms in total. The Kier molecular flexibility index (Phi) is 9.34. The molecule has 45 heavy (non-hydrogen) atoms. The van der Waals surface area contributed by atoms with Gasteiger partial charge in [-0.15, -0.1) is 13.2 Å². The first-order valence-electron chi connectivity index (χ1n) is 14.3. The van der Waals surface area contributed by atoms with E-state index in [0.717, 1.165) is 22.8 Å². The summed E-state index contributed by atoms with van der Waals surface area (Å²) >= 11 is 6.08. The van der Waals surface area contributed by atoms with Gasteiger partial charge in [-0.3, -0.25) is 9.59 Å². The summed E-state index contributed by atoms with van der Waals surface area (Å²) in [4.78, 5) is 25.1. The van der Waals surface area contributed by atoms with Crippen LogP contribution in [0.15, 0.2) is 79.0 Å². The van der Waals surface area contributed by atoms with Crippen molar-refractivity contribution in [2.75, 3.05) is 12.4 Å². The third-order valence-corrected chi connectivity index (χ3v) is 8.11. The van der Waals surface area contributed by atoms with Crippen molar-refractivity contribution in [1.82, 2.24) is 0 Å². The highest BCUT2D eigenvalue weighted by atomic mass is 35.5. The molecule has 3 aromatic carbocycles. The number of pyridine rings is 1. The van der Waals surface area contributed by atoms with Gasteiger partial charge in [0, 0.05) is 33.8 Å². The fourth-order valence-electron chi connectivity index (χ4n) is 5.58. The number of nitrogens with zero attached hydrogens (tertiary/aromatic N) is 1. The van der Waals surface area contributed by atoms with Crippen molar-refractivity contribution in [2.45, 2.75) is 44.9 Å². The lowest BCUT2D eigenvalue weighted by molar-refractivity contribution is -0.614. The number of carbonyl (C=O) groups excluding carboxylic acids is 2. The fourth-order valence-corrected chi connectivity index (χ4v) is 5.75. The lowest BCUT2D eigenvalue weighted by atomic mass is 9.86. The Bertz CT molecular complexity index is 1740. The third-order valence-electron chi connectivity index (χ3n) is 7.88. The number of nitrogens with one attached hydrogen (secondary N) is 1. The summed E-state index contributed by atoms with van der Waals surface area (Å²) in [6.07, 6.45) is -1.93. The van der Waals surface area contributed by atoms with Crippen molar-refractivity contribution < 1.29 is 37.0 Å². The summed E-state index contributed by atoms with van der Waals surface area (Å²) in [5.41, 5.74) is 4.28. The number of benzene rings is 3. The predicted molar refractivity (Wildman–Crippen MR) is 164 cm³/mol. The zero-order chi connectivity index (χ0) is 32.3. The van der Waals surface area contributed by atoms with Gasteiger partial charge in [-0.05, 0) is 59.9 Å². The molecule has 11 heteroatoms. The Morgan fingerprint density at radius 2 is 1.82 bits per heavy atom. The summed E-state index contributed by atoms with van der Waals surface area (Å²) in [5.74, 6) is -1.75. The topological polar surface area (TPSA) is 91.6 Å². The van der Waals surface area contributed by atoms with Crippen molar-refractivity contribution in [3.8, 4) is 28.0 Å². The number of carbonyl (C=O) groups is 2. The summed E-state index contributed by atoms with van der Waals surface area (Å²) in [6.45, 7) is 1.83. The van der Waals surface area contributed by atoms with Crippen LogP contribution in [0.4, 0.5) is 18.9 Å².